The Kier molecular flexibility index (Phi) is 2.07. The Hall–Kier alpha value is -1.28. The third-order valence-corrected chi connectivity index (χ3v) is 2.15. The lowest BCUT2D eigenvalue weighted by Crippen LogP contribution is -2.23. The Morgan fingerprint density at radius 1 is 1.23 bits per heavy atom. The molecule has 3 heteroatoms. The van der Waals surface area contributed by atoms with Crippen molar-refractivity contribution >= 4 is 11.6 Å². The summed E-state index contributed by atoms with van der Waals surface area (Å²) in [7, 11) is 1.99. The molecule has 0 radical (unpaired) electrons. The summed E-state index contributed by atoms with van der Waals surface area (Å²) in [6, 6.07) is 7.75. The van der Waals surface area contributed by atoms with Gasteiger partial charge in [-0.05, 0) is 24.3 Å². The molecule has 13 heavy (non-hydrogen) atoms. The van der Waals surface area contributed by atoms with Crippen molar-refractivity contribution in [2.24, 2.45) is 7.05 Å². The van der Waals surface area contributed by atoms with Gasteiger partial charge >= 0.3 is 0 Å². The van der Waals surface area contributed by atoms with Crippen LogP contribution in [0.15, 0.2) is 43.0 Å². The van der Waals surface area contributed by atoms with Crippen molar-refractivity contribution in [1.29, 1.82) is 0 Å². The number of hydrogen-bond acceptors (Lipinski definition) is 0. The molecule has 2 nitrogen and oxygen atoms in total. The van der Waals surface area contributed by atoms with E-state index >= 15 is 0 Å². The lowest BCUT2D eigenvalue weighted by atomic mass is 10.3. The van der Waals surface area contributed by atoms with E-state index in [1.54, 1.807) is 0 Å². The second kappa shape index (κ2) is 3.23. The van der Waals surface area contributed by atoms with Crippen LogP contribution in [0.1, 0.15) is 0 Å². The molecule has 1 aromatic carbocycles. The highest BCUT2D eigenvalue weighted by Gasteiger charge is 2.02. The quantitative estimate of drug-likeness (QED) is 0.613. The highest BCUT2D eigenvalue weighted by atomic mass is 35.5. The molecule has 0 N–H and O–H groups in total. The van der Waals surface area contributed by atoms with Gasteiger partial charge in [-0.25, -0.2) is 9.13 Å². The van der Waals surface area contributed by atoms with Crippen molar-refractivity contribution in [3.05, 3.63) is 48.0 Å². The molecule has 0 spiro atoms. The van der Waals surface area contributed by atoms with Crippen LogP contribution in [0.3, 0.4) is 0 Å². The maximum atomic E-state index is 5.79. The first-order valence-electron chi connectivity index (χ1n) is 4.05. The zero-order valence-electron chi connectivity index (χ0n) is 7.31. The topological polar surface area (TPSA) is 8.81 Å². The summed E-state index contributed by atoms with van der Waals surface area (Å²) in [5, 5.41) is 0.764. The molecule has 0 aliphatic carbocycles. The van der Waals surface area contributed by atoms with Gasteiger partial charge in [0, 0.05) is 5.02 Å². The van der Waals surface area contributed by atoms with Crippen molar-refractivity contribution in [2.45, 2.75) is 0 Å². The second-order valence-electron chi connectivity index (χ2n) is 2.96. The van der Waals surface area contributed by atoms with Gasteiger partial charge in [0.15, 0.2) is 0 Å². The monoisotopic (exact) mass is 193 g/mol. The Morgan fingerprint density at radius 3 is 2.46 bits per heavy atom. The Morgan fingerprint density at radius 2 is 1.92 bits per heavy atom. The summed E-state index contributed by atoms with van der Waals surface area (Å²) < 4.78 is 4.03. The van der Waals surface area contributed by atoms with E-state index in [1.807, 2.05) is 59.2 Å². The standard InChI is InChI=1S/C10H10ClN2/c1-12-6-7-13(8-12)10-4-2-9(11)3-5-10/h2-8H,1H3/q+1. The molecule has 2 rings (SSSR count). The van der Waals surface area contributed by atoms with Crippen LogP contribution in [0, 0.1) is 0 Å². The lowest BCUT2D eigenvalue weighted by Gasteiger charge is -1.94. The van der Waals surface area contributed by atoms with Gasteiger partial charge in [0.05, 0.1) is 7.05 Å². The molecule has 66 valence electrons. The van der Waals surface area contributed by atoms with Crippen molar-refractivity contribution < 1.29 is 4.57 Å². The van der Waals surface area contributed by atoms with Gasteiger partial charge in [-0.2, -0.15) is 0 Å². The normalized spacial score (nSPS) is 10.3. The van der Waals surface area contributed by atoms with Gasteiger partial charge in [-0.1, -0.05) is 11.6 Å². The maximum absolute atomic E-state index is 5.79. The van der Waals surface area contributed by atoms with E-state index in [0.29, 0.717) is 0 Å². The fourth-order valence-electron chi connectivity index (χ4n) is 1.22. The van der Waals surface area contributed by atoms with Gasteiger partial charge in [-0.15, -0.1) is 0 Å². The SMILES string of the molecule is C[n+]1ccn(-c2ccc(Cl)cc2)c1. The molecule has 1 heterocycles. The van der Waals surface area contributed by atoms with Gasteiger partial charge < -0.3 is 0 Å². The third-order valence-electron chi connectivity index (χ3n) is 1.89. The van der Waals surface area contributed by atoms with E-state index in [1.165, 1.54) is 0 Å². The van der Waals surface area contributed by atoms with E-state index in [2.05, 4.69) is 0 Å². The van der Waals surface area contributed by atoms with E-state index in [9.17, 15) is 0 Å². The molecule has 0 amide bonds. The average molecular weight is 194 g/mol. The number of aromatic nitrogens is 2. The number of rotatable bonds is 1. The first-order chi connectivity index (χ1) is 6.25. The molecule has 0 aliphatic heterocycles. The smallest absolute Gasteiger partial charge is 0.239 e. The molecule has 0 unspecified atom stereocenters. The van der Waals surface area contributed by atoms with Gasteiger partial charge in [0.25, 0.3) is 0 Å². The minimum atomic E-state index is 0.764. The molecular formula is C10H10ClN2+. The zero-order valence-corrected chi connectivity index (χ0v) is 8.07. The summed E-state index contributed by atoms with van der Waals surface area (Å²) in [5.41, 5.74) is 1.12. The van der Waals surface area contributed by atoms with Crippen molar-refractivity contribution in [3.8, 4) is 5.69 Å². The maximum Gasteiger partial charge on any atom is 0.248 e. The van der Waals surface area contributed by atoms with Crippen LogP contribution in [0.4, 0.5) is 0 Å². The van der Waals surface area contributed by atoms with Gasteiger partial charge in [-0.3, -0.25) is 0 Å². The largest absolute Gasteiger partial charge is 0.248 e. The molecule has 0 fully saturated rings. The minimum Gasteiger partial charge on any atom is -0.239 e. The first-order valence-corrected chi connectivity index (χ1v) is 4.43. The summed E-state index contributed by atoms with van der Waals surface area (Å²) >= 11 is 5.79. The predicted octanol–water partition coefficient (Wildman–Crippen LogP) is 1.96. The number of benzene rings is 1. The van der Waals surface area contributed by atoms with Crippen LogP contribution in [0.5, 0.6) is 0 Å². The molecule has 0 atom stereocenters. The fourth-order valence-corrected chi connectivity index (χ4v) is 1.34. The third kappa shape index (κ3) is 1.73. The summed E-state index contributed by atoms with van der Waals surface area (Å²) in [5.74, 6) is 0. The highest BCUT2D eigenvalue weighted by Crippen LogP contribution is 2.12. The molecule has 2 aromatic rings. The molecule has 0 bridgehead atoms. The van der Waals surface area contributed by atoms with Crippen molar-refractivity contribution in [1.82, 2.24) is 4.57 Å². The van der Waals surface area contributed by atoms with E-state index < -0.39 is 0 Å². The summed E-state index contributed by atoms with van der Waals surface area (Å²) in [6.07, 6.45) is 6.00. The predicted molar refractivity (Wildman–Crippen MR) is 52.0 cm³/mol. The van der Waals surface area contributed by atoms with Crippen LogP contribution >= 0.6 is 11.6 Å². The van der Waals surface area contributed by atoms with Crippen LogP contribution in [-0.2, 0) is 7.05 Å². The van der Waals surface area contributed by atoms with E-state index in [0.717, 1.165) is 10.7 Å². The fraction of sp³-hybridized carbons (Fsp3) is 0.100. The summed E-state index contributed by atoms with van der Waals surface area (Å²) in [6.45, 7) is 0. The van der Waals surface area contributed by atoms with E-state index in [-0.39, 0.29) is 0 Å². The lowest BCUT2D eigenvalue weighted by molar-refractivity contribution is -0.670. The van der Waals surface area contributed by atoms with Gasteiger partial charge in [0.2, 0.25) is 6.33 Å². The van der Waals surface area contributed by atoms with Crippen LogP contribution in [0.25, 0.3) is 5.69 Å². The zero-order chi connectivity index (χ0) is 9.26. The number of imidazole rings is 1. The Balaban J connectivity index is 2.41. The first kappa shape index (κ1) is 8.32. The summed E-state index contributed by atoms with van der Waals surface area (Å²) in [4.78, 5) is 0. The molecule has 0 saturated carbocycles. The van der Waals surface area contributed by atoms with Crippen molar-refractivity contribution in [3.63, 3.8) is 0 Å². The van der Waals surface area contributed by atoms with E-state index in [4.69, 9.17) is 11.6 Å². The molecule has 1 aromatic heterocycles. The molecule has 0 saturated heterocycles. The average Bonchev–Trinajstić information content (AvgIpc) is 2.53. The van der Waals surface area contributed by atoms with Crippen LogP contribution < -0.4 is 4.57 Å². The number of halogens is 1. The van der Waals surface area contributed by atoms with Crippen LogP contribution in [-0.4, -0.2) is 4.57 Å². The Labute approximate surface area is 82.0 Å². The number of aryl methyl sites for hydroxylation is 1. The number of hydrogen-bond donors (Lipinski definition) is 0. The Bertz CT molecular complexity index is 403. The van der Waals surface area contributed by atoms with Gasteiger partial charge in [0.1, 0.15) is 18.1 Å². The van der Waals surface area contributed by atoms with Crippen molar-refractivity contribution in [2.75, 3.05) is 0 Å². The molecular weight excluding hydrogens is 184 g/mol. The second-order valence-corrected chi connectivity index (χ2v) is 3.40. The molecule has 0 aliphatic rings. The van der Waals surface area contributed by atoms with Crippen LogP contribution in [0.2, 0.25) is 5.02 Å². The highest BCUT2D eigenvalue weighted by molar-refractivity contribution is 6.30. The minimum absolute atomic E-state index is 0.764. The number of nitrogens with zero attached hydrogens (tertiary/aromatic N) is 2.